The van der Waals surface area contributed by atoms with Gasteiger partial charge in [-0.05, 0) is 69.9 Å². The van der Waals surface area contributed by atoms with Crippen LogP contribution in [0.4, 0.5) is 0 Å². The van der Waals surface area contributed by atoms with E-state index in [9.17, 15) is 0 Å². The van der Waals surface area contributed by atoms with Gasteiger partial charge >= 0.3 is 0 Å². The number of piperidine rings is 1. The van der Waals surface area contributed by atoms with Gasteiger partial charge < -0.3 is 5.32 Å². The topological polar surface area (TPSA) is 27.3 Å². The summed E-state index contributed by atoms with van der Waals surface area (Å²) < 4.78 is 0. The summed E-state index contributed by atoms with van der Waals surface area (Å²) in [7, 11) is 2.19. The lowest BCUT2D eigenvalue weighted by Crippen LogP contribution is -2.42. The molecule has 0 amide bonds. The lowest BCUT2D eigenvalue weighted by molar-refractivity contribution is 0.151. The van der Waals surface area contributed by atoms with Crippen LogP contribution in [0, 0.1) is 11.3 Å². The van der Waals surface area contributed by atoms with Gasteiger partial charge in [-0.1, -0.05) is 20.8 Å². The molecule has 0 aromatic heterocycles. The molecule has 0 aliphatic carbocycles. The predicted octanol–water partition coefficient (Wildman–Crippen LogP) is 3.42. The van der Waals surface area contributed by atoms with Crippen LogP contribution in [0.25, 0.3) is 0 Å². The minimum absolute atomic E-state index is 0.448. The van der Waals surface area contributed by atoms with Crippen molar-refractivity contribution in [2.75, 3.05) is 26.7 Å². The zero-order valence-corrected chi connectivity index (χ0v) is 14.5. The molecular formula is C17H37N3. The fourth-order valence-electron chi connectivity index (χ4n) is 2.81. The van der Waals surface area contributed by atoms with Crippen molar-refractivity contribution in [3.8, 4) is 0 Å². The maximum Gasteiger partial charge on any atom is 0.0212 e. The number of hydrogen-bond acceptors (Lipinski definition) is 3. The van der Waals surface area contributed by atoms with Crippen LogP contribution < -0.4 is 10.7 Å². The second-order valence-electron chi connectivity index (χ2n) is 7.82. The fraction of sp³-hybridized carbons (Fsp3) is 1.00. The van der Waals surface area contributed by atoms with Crippen LogP contribution in [0.15, 0.2) is 0 Å². The highest BCUT2D eigenvalue weighted by Gasteiger charge is 2.15. The van der Waals surface area contributed by atoms with E-state index in [2.05, 4.69) is 50.5 Å². The SMILES string of the molecule is CC(CCC(C)(C)C)N(C)NCCCC1CCCNC1. The number of rotatable bonds is 8. The molecule has 2 N–H and O–H groups in total. The fourth-order valence-corrected chi connectivity index (χ4v) is 2.81. The molecule has 3 heteroatoms. The van der Waals surface area contributed by atoms with Crippen molar-refractivity contribution < 1.29 is 0 Å². The smallest absolute Gasteiger partial charge is 0.0212 e. The Balaban J connectivity index is 2.05. The maximum absolute atomic E-state index is 3.57. The zero-order valence-electron chi connectivity index (χ0n) is 14.5. The lowest BCUT2D eigenvalue weighted by atomic mass is 9.89. The minimum atomic E-state index is 0.448. The molecule has 0 aromatic carbocycles. The van der Waals surface area contributed by atoms with E-state index in [1.165, 1.54) is 51.6 Å². The van der Waals surface area contributed by atoms with Crippen molar-refractivity contribution in [3.05, 3.63) is 0 Å². The molecule has 0 bridgehead atoms. The Labute approximate surface area is 126 Å². The summed E-state index contributed by atoms with van der Waals surface area (Å²) in [6.45, 7) is 12.9. The van der Waals surface area contributed by atoms with Gasteiger partial charge in [0.15, 0.2) is 0 Å². The highest BCUT2D eigenvalue weighted by molar-refractivity contribution is 4.70. The average Bonchev–Trinajstić information content (AvgIpc) is 2.41. The van der Waals surface area contributed by atoms with Crippen LogP contribution in [0.2, 0.25) is 0 Å². The van der Waals surface area contributed by atoms with Gasteiger partial charge in [-0.2, -0.15) is 0 Å². The number of nitrogens with one attached hydrogen (secondary N) is 2. The van der Waals surface area contributed by atoms with E-state index in [4.69, 9.17) is 0 Å². The van der Waals surface area contributed by atoms with Gasteiger partial charge in [-0.25, -0.2) is 5.01 Å². The number of hydrazine groups is 1. The van der Waals surface area contributed by atoms with E-state index in [0.29, 0.717) is 11.5 Å². The van der Waals surface area contributed by atoms with Crippen LogP contribution in [0.5, 0.6) is 0 Å². The van der Waals surface area contributed by atoms with Gasteiger partial charge in [-0.15, -0.1) is 0 Å². The van der Waals surface area contributed by atoms with Crippen molar-refractivity contribution in [2.45, 2.75) is 72.3 Å². The normalized spacial score (nSPS) is 22.2. The molecule has 2 unspecified atom stereocenters. The molecule has 2 atom stereocenters. The first-order valence-corrected chi connectivity index (χ1v) is 8.55. The van der Waals surface area contributed by atoms with E-state index < -0.39 is 0 Å². The first-order chi connectivity index (χ1) is 9.38. The minimum Gasteiger partial charge on any atom is -0.316 e. The molecule has 0 spiro atoms. The Morgan fingerprint density at radius 3 is 2.70 bits per heavy atom. The standard InChI is InChI=1S/C17H37N3/c1-15(10-11-17(2,3)4)20(5)19-13-7-9-16-8-6-12-18-14-16/h15-16,18-19H,6-14H2,1-5H3. The highest BCUT2D eigenvalue weighted by Crippen LogP contribution is 2.22. The largest absolute Gasteiger partial charge is 0.316 e. The van der Waals surface area contributed by atoms with Crippen molar-refractivity contribution in [3.63, 3.8) is 0 Å². The molecule has 1 saturated heterocycles. The number of nitrogens with zero attached hydrogens (tertiary/aromatic N) is 1. The molecule has 0 aromatic rings. The molecule has 0 saturated carbocycles. The van der Waals surface area contributed by atoms with Gasteiger partial charge in [0.05, 0.1) is 0 Å². The van der Waals surface area contributed by atoms with Crippen LogP contribution >= 0.6 is 0 Å². The molecule has 3 nitrogen and oxygen atoms in total. The number of hydrogen-bond donors (Lipinski definition) is 2. The van der Waals surface area contributed by atoms with Gasteiger partial charge in [0.25, 0.3) is 0 Å². The molecule has 1 aliphatic heterocycles. The second kappa shape index (κ2) is 9.01. The quantitative estimate of drug-likeness (QED) is 0.528. The molecule has 1 rings (SSSR count). The van der Waals surface area contributed by atoms with Crippen LogP contribution in [0.1, 0.15) is 66.2 Å². The Bertz CT molecular complexity index is 241. The predicted molar refractivity (Wildman–Crippen MR) is 88.7 cm³/mol. The molecule has 1 aliphatic rings. The summed E-state index contributed by atoms with van der Waals surface area (Å²) >= 11 is 0. The third-order valence-electron chi connectivity index (χ3n) is 4.52. The van der Waals surface area contributed by atoms with Crippen molar-refractivity contribution in [1.29, 1.82) is 0 Å². The first-order valence-electron chi connectivity index (χ1n) is 8.55. The Kier molecular flexibility index (Phi) is 8.08. The monoisotopic (exact) mass is 283 g/mol. The molecule has 1 heterocycles. The Hall–Kier alpha value is -0.120. The Morgan fingerprint density at radius 2 is 2.10 bits per heavy atom. The van der Waals surface area contributed by atoms with Gasteiger partial charge in [-0.3, -0.25) is 5.43 Å². The van der Waals surface area contributed by atoms with Crippen molar-refractivity contribution >= 4 is 0 Å². The van der Waals surface area contributed by atoms with E-state index >= 15 is 0 Å². The third-order valence-corrected chi connectivity index (χ3v) is 4.52. The first kappa shape index (κ1) is 17.9. The summed E-state index contributed by atoms with van der Waals surface area (Å²) in [5.74, 6) is 0.911. The molecule has 1 fully saturated rings. The maximum atomic E-state index is 3.57. The van der Waals surface area contributed by atoms with Crippen LogP contribution in [0.3, 0.4) is 0 Å². The summed E-state index contributed by atoms with van der Waals surface area (Å²) in [4.78, 5) is 0. The summed E-state index contributed by atoms with van der Waals surface area (Å²) in [6, 6.07) is 0.616. The van der Waals surface area contributed by atoms with Gasteiger partial charge in [0, 0.05) is 19.6 Å². The van der Waals surface area contributed by atoms with Crippen molar-refractivity contribution in [1.82, 2.24) is 15.8 Å². The van der Waals surface area contributed by atoms with E-state index in [-0.39, 0.29) is 0 Å². The van der Waals surface area contributed by atoms with Crippen LogP contribution in [-0.2, 0) is 0 Å². The molecule has 20 heavy (non-hydrogen) atoms. The van der Waals surface area contributed by atoms with Gasteiger partial charge in [0.1, 0.15) is 0 Å². The second-order valence-corrected chi connectivity index (χ2v) is 7.82. The van der Waals surface area contributed by atoms with E-state index in [1.54, 1.807) is 0 Å². The van der Waals surface area contributed by atoms with Crippen LogP contribution in [-0.4, -0.2) is 37.7 Å². The molecular weight excluding hydrogens is 246 g/mol. The third kappa shape index (κ3) is 8.23. The lowest BCUT2D eigenvalue weighted by Gasteiger charge is -2.29. The summed E-state index contributed by atoms with van der Waals surface area (Å²) in [5, 5.41) is 5.81. The molecule has 120 valence electrons. The highest BCUT2D eigenvalue weighted by atomic mass is 15.5. The molecule has 0 radical (unpaired) electrons. The van der Waals surface area contributed by atoms with Gasteiger partial charge in [0.2, 0.25) is 0 Å². The van der Waals surface area contributed by atoms with E-state index in [0.717, 1.165) is 12.5 Å². The Morgan fingerprint density at radius 1 is 1.35 bits per heavy atom. The summed E-state index contributed by atoms with van der Waals surface area (Å²) in [5.41, 5.74) is 4.02. The zero-order chi connectivity index (χ0) is 15.0. The van der Waals surface area contributed by atoms with E-state index in [1.807, 2.05) is 0 Å². The summed E-state index contributed by atoms with van der Waals surface area (Å²) in [6.07, 6.45) is 7.99. The average molecular weight is 284 g/mol. The van der Waals surface area contributed by atoms with Crippen molar-refractivity contribution in [2.24, 2.45) is 11.3 Å².